The van der Waals surface area contributed by atoms with Gasteiger partial charge in [-0.05, 0) is 42.5 Å². The number of anilines is 1. The Balaban J connectivity index is 2.13. The molecule has 142 valence electrons. The van der Waals surface area contributed by atoms with Crippen LogP contribution in [0.3, 0.4) is 0 Å². The number of nitrogens with zero attached hydrogens (tertiary/aromatic N) is 2. The van der Waals surface area contributed by atoms with Crippen molar-refractivity contribution >= 4 is 27.3 Å². The number of sulfonamides is 1. The summed E-state index contributed by atoms with van der Waals surface area (Å²) in [5.74, 6) is -0.865. The van der Waals surface area contributed by atoms with Crippen LogP contribution >= 0.6 is 11.6 Å². The molecule has 0 aliphatic carbocycles. The van der Waals surface area contributed by atoms with Crippen molar-refractivity contribution < 1.29 is 26.0 Å². The van der Waals surface area contributed by atoms with E-state index >= 15 is 0 Å². The lowest BCUT2D eigenvalue weighted by atomic mass is 10.1. The summed E-state index contributed by atoms with van der Waals surface area (Å²) in [6.07, 6.45) is -1.89. The first kappa shape index (κ1) is 19.2. The number of benzene rings is 2. The van der Waals surface area contributed by atoms with Crippen molar-refractivity contribution in [3.05, 3.63) is 71.3 Å². The number of rotatable bonds is 4. The zero-order valence-corrected chi connectivity index (χ0v) is 14.8. The SMILES string of the molecule is O=S(=O)(Nc1cc(C(F)(F)F)ccc1-n1cccn1)c1cc(F)ccc1Cl. The Hall–Kier alpha value is -2.59. The molecule has 0 aliphatic rings. The molecule has 27 heavy (non-hydrogen) atoms. The number of aromatic nitrogens is 2. The van der Waals surface area contributed by atoms with Crippen molar-refractivity contribution in [2.75, 3.05) is 4.72 Å². The lowest BCUT2D eigenvalue weighted by Gasteiger charge is -2.16. The van der Waals surface area contributed by atoms with E-state index in [-0.39, 0.29) is 10.7 Å². The second-order valence-electron chi connectivity index (χ2n) is 5.36. The molecule has 0 amide bonds. The summed E-state index contributed by atoms with van der Waals surface area (Å²) in [5, 5.41) is 3.61. The molecule has 0 spiro atoms. The van der Waals surface area contributed by atoms with Crippen molar-refractivity contribution in [3.63, 3.8) is 0 Å². The average molecular weight is 420 g/mol. The quantitative estimate of drug-likeness (QED) is 0.634. The van der Waals surface area contributed by atoms with Crippen LogP contribution in [0.25, 0.3) is 5.69 Å². The minimum absolute atomic E-state index is 0.0455. The average Bonchev–Trinajstić information content (AvgIpc) is 3.10. The second-order valence-corrected chi connectivity index (χ2v) is 7.42. The Morgan fingerprint density at radius 1 is 1.11 bits per heavy atom. The molecule has 0 aliphatic heterocycles. The van der Waals surface area contributed by atoms with E-state index < -0.39 is 38.2 Å². The molecule has 3 aromatic rings. The number of alkyl halides is 3. The molecule has 11 heteroatoms. The van der Waals surface area contributed by atoms with Gasteiger partial charge in [-0.3, -0.25) is 4.72 Å². The van der Waals surface area contributed by atoms with Crippen molar-refractivity contribution in [1.82, 2.24) is 9.78 Å². The summed E-state index contributed by atoms with van der Waals surface area (Å²) < 4.78 is 80.9. The maximum absolute atomic E-state index is 13.4. The second kappa shape index (κ2) is 6.86. The van der Waals surface area contributed by atoms with Crippen molar-refractivity contribution in [3.8, 4) is 5.69 Å². The normalized spacial score (nSPS) is 12.2. The van der Waals surface area contributed by atoms with Crippen LogP contribution in [0.5, 0.6) is 0 Å². The molecule has 0 unspecified atom stereocenters. The van der Waals surface area contributed by atoms with E-state index in [1.165, 1.54) is 23.1 Å². The number of halogens is 5. The molecular formula is C16H10ClF4N3O2S. The van der Waals surface area contributed by atoms with Gasteiger partial charge in [0.05, 0.1) is 22.0 Å². The zero-order valence-electron chi connectivity index (χ0n) is 13.2. The molecule has 0 saturated carbocycles. The highest BCUT2D eigenvalue weighted by Gasteiger charge is 2.32. The van der Waals surface area contributed by atoms with E-state index in [0.29, 0.717) is 12.1 Å². The van der Waals surface area contributed by atoms with Gasteiger partial charge < -0.3 is 0 Å². The first-order chi connectivity index (χ1) is 12.6. The van der Waals surface area contributed by atoms with Gasteiger partial charge in [0, 0.05) is 12.4 Å². The molecule has 2 aromatic carbocycles. The maximum atomic E-state index is 13.4. The van der Waals surface area contributed by atoms with Crippen molar-refractivity contribution in [1.29, 1.82) is 0 Å². The standard InChI is InChI=1S/C16H10ClF4N3O2S/c17-12-4-3-11(18)9-15(12)27(25,26)23-13-8-10(16(19,20)21)2-5-14(13)24-7-1-6-22-24/h1-9,23H. The number of hydrogen-bond donors (Lipinski definition) is 1. The molecule has 1 aromatic heterocycles. The molecule has 0 saturated heterocycles. The fourth-order valence-electron chi connectivity index (χ4n) is 2.29. The molecule has 0 atom stereocenters. The van der Waals surface area contributed by atoms with E-state index in [0.717, 1.165) is 24.3 Å². The van der Waals surface area contributed by atoms with Gasteiger partial charge in [0.2, 0.25) is 0 Å². The monoisotopic (exact) mass is 419 g/mol. The summed E-state index contributed by atoms with van der Waals surface area (Å²) >= 11 is 5.81. The predicted molar refractivity (Wildman–Crippen MR) is 90.8 cm³/mol. The number of nitrogens with one attached hydrogen (secondary N) is 1. The molecule has 1 heterocycles. The Labute approximate surface area is 156 Å². The molecule has 0 bridgehead atoms. The van der Waals surface area contributed by atoms with Crippen LogP contribution in [-0.2, 0) is 16.2 Å². The van der Waals surface area contributed by atoms with Crippen LogP contribution in [-0.4, -0.2) is 18.2 Å². The van der Waals surface area contributed by atoms with Gasteiger partial charge in [-0.25, -0.2) is 17.5 Å². The van der Waals surface area contributed by atoms with E-state index in [4.69, 9.17) is 11.6 Å². The van der Waals surface area contributed by atoms with Crippen LogP contribution in [0.15, 0.2) is 59.8 Å². The lowest BCUT2D eigenvalue weighted by Crippen LogP contribution is -2.17. The van der Waals surface area contributed by atoms with Gasteiger partial charge >= 0.3 is 6.18 Å². The number of hydrogen-bond acceptors (Lipinski definition) is 3. The summed E-state index contributed by atoms with van der Waals surface area (Å²) in [6.45, 7) is 0. The Morgan fingerprint density at radius 3 is 2.48 bits per heavy atom. The first-order valence-corrected chi connectivity index (χ1v) is 9.13. The van der Waals surface area contributed by atoms with Gasteiger partial charge in [0.1, 0.15) is 10.7 Å². The van der Waals surface area contributed by atoms with Gasteiger partial charge in [0.15, 0.2) is 0 Å². The highest BCUT2D eigenvalue weighted by atomic mass is 35.5. The van der Waals surface area contributed by atoms with Crippen LogP contribution in [0.4, 0.5) is 23.2 Å². The van der Waals surface area contributed by atoms with E-state index in [9.17, 15) is 26.0 Å². The fraction of sp³-hybridized carbons (Fsp3) is 0.0625. The molecule has 3 rings (SSSR count). The molecule has 0 radical (unpaired) electrons. The van der Waals surface area contributed by atoms with Gasteiger partial charge in [-0.2, -0.15) is 18.3 Å². The van der Waals surface area contributed by atoms with Crippen molar-refractivity contribution in [2.24, 2.45) is 0 Å². The first-order valence-electron chi connectivity index (χ1n) is 7.27. The van der Waals surface area contributed by atoms with Crippen molar-refractivity contribution in [2.45, 2.75) is 11.1 Å². The minimum Gasteiger partial charge on any atom is -0.277 e. The highest BCUT2D eigenvalue weighted by molar-refractivity contribution is 7.92. The molecule has 5 nitrogen and oxygen atoms in total. The van der Waals surface area contributed by atoms with Gasteiger partial charge in [-0.1, -0.05) is 11.6 Å². The van der Waals surface area contributed by atoms with Crippen LogP contribution in [0.2, 0.25) is 5.02 Å². The summed E-state index contributed by atoms with van der Waals surface area (Å²) in [6, 6.07) is 6.67. The zero-order chi connectivity index (χ0) is 19.8. The molecular weight excluding hydrogens is 410 g/mol. The smallest absolute Gasteiger partial charge is 0.277 e. The Morgan fingerprint density at radius 2 is 1.85 bits per heavy atom. The molecule has 0 fully saturated rings. The minimum atomic E-state index is -4.70. The Bertz CT molecular complexity index is 1080. The van der Waals surface area contributed by atoms with Crippen LogP contribution < -0.4 is 4.72 Å². The third-order valence-corrected chi connectivity index (χ3v) is 5.35. The summed E-state index contributed by atoms with van der Waals surface area (Å²) in [7, 11) is -4.47. The summed E-state index contributed by atoms with van der Waals surface area (Å²) in [5.41, 5.74) is -1.42. The van der Waals surface area contributed by atoms with Gasteiger partial charge in [0.25, 0.3) is 10.0 Å². The topological polar surface area (TPSA) is 64.0 Å². The highest BCUT2D eigenvalue weighted by Crippen LogP contribution is 2.34. The van der Waals surface area contributed by atoms with Gasteiger partial charge in [-0.15, -0.1) is 0 Å². The van der Waals surface area contributed by atoms with E-state index in [2.05, 4.69) is 5.10 Å². The fourth-order valence-corrected chi connectivity index (χ4v) is 3.87. The third kappa shape index (κ3) is 4.06. The third-order valence-electron chi connectivity index (χ3n) is 3.50. The van der Waals surface area contributed by atoms with E-state index in [1.54, 1.807) is 0 Å². The predicted octanol–water partition coefficient (Wildman–Crippen LogP) is 4.48. The lowest BCUT2D eigenvalue weighted by molar-refractivity contribution is -0.137. The largest absolute Gasteiger partial charge is 0.416 e. The van der Waals surface area contributed by atoms with E-state index in [1.807, 2.05) is 4.72 Å². The Kier molecular flexibility index (Phi) is 4.87. The molecule has 1 N–H and O–H groups in total. The van der Waals surface area contributed by atoms with Crippen LogP contribution in [0, 0.1) is 5.82 Å². The van der Waals surface area contributed by atoms with Crippen LogP contribution in [0.1, 0.15) is 5.56 Å². The maximum Gasteiger partial charge on any atom is 0.416 e. The summed E-state index contributed by atoms with van der Waals surface area (Å²) in [4.78, 5) is -0.604.